The molecule has 0 bridgehead atoms. The van der Waals surface area contributed by atoms with E-state index in [1.54, 1.807) is 6.33 Å². The molecule has 0 unspecified atom stereocenters. The zero-order valence-electron chi connectivity index (χ0n) is 7.50. The Kier molecular flexibility index (Phi) is 1.40. The second kappa shape index (κ2) is 2.30. The molecule has 0 amide bonds. The Morgan fingerprint density at radius 1 is 1.33 bits per heavy atom. The first kappa shape index (κ1) is 7.28. The van der Waals surface area contributed by atoms with Gasteiger partial charge in [-0.15, -0.1) is 0 Å². The second-order valence-corrected chi connectivity index (χ2v) is 3.09. The summed E-state index contributed by atoms with van der Waals surface area (Å²) in [5.41, 5.74) is 4.20. The zero-order valence-corrected chi connectivity index (χ0v) is 7.50. The van der Waals surface area contributed by atoms with E-state index >= 15 is 0 Å². The van der Waals surface area contributed by atoms with Gasteiger partial charge in [-0.1, -0.05) is 0 Å². The van der Waals surface area contributed by atoms with Gasteiger partial charge in [-0.2, -0.15) is 0 Å². The molecule has 0 atom stereocenters. The van der Waals surface area contributed by atoms with E-state index in [0.29, 0.717) is 0 Å². The van der Waals surface area contributed by atoms with Crippen LogP contribution < -0.4 is 0 Å². The van der Waals surface area contributed by atoms with Crippen LogP contribution in [-0.2, 0) is 7.05 Å². The van der Waals surface area contributed by atoms with Crippen LogP contribution in [0.1, 0.15) is 11.3 Å². The van der Waals surface area contributed by atoms with E-state index in [9.17, 15) is 0 Å². The number of fused-ring (bicyclic) bond motifs is 1. The molecule has 0 aromatic carbocycles. The SMILES string of the molecule is Cc1cc2ncn(C)c2nc1C. The summed E-state index contributed by atoms with van der Waals surface area (Å²) in [5.74, 6) is 0. The maximum absolute atomic E-state index is 4.44. The third-order valence-corrected chi connectivity index (χ3v) is 2.13. The molecule has 3 nitrogen and oxygen atoms in total. The third-order valence-electron chi connectivity index (χ3n) is 2.13. The Morgan fingerprint density at radius 3 is 2.83 bits per heavy atom. The molecular weight excluding hydrogens is 150 g/mol. The first-order valence-corrected chi connectivity index (χ1v) is 3.94. The number of aromatic nitrogens is 3. The van der Waals surface area contributed by atoms with E-state index in [2.05, 4.69) is 23.0 Å². The highest BCUT2D eigenvalue weighted by molar-refractivity contribution is 5.71. The van der Waals surface area contributed by atoms with Crippen molar-refractivity contribution < 1.29 is 0 Å². The average Bonchev–Trinajstić information content (AvgIpc) is 2.35. The van der Waals surface area contributed by atoms with Crippen LogP contribution in [0, 0.1) is 13.8 Å². The fourth-order valence-electron chi connectivity index (χ4n) is 1.24. The maximum atomic E-state index is 4.44. The summed E-state index contributed by atoms with van der Waals surface area (Å²) in [6.45, 7) is 4.07. The van der Waals surface area contributed by atoms with Gasteiger partial charge in [0.25, 0.3) is 0 Å². The molecule has 12 heavy (non-hydrogen) atoms. The number of hydrogen-bond donors (Lipinski definition) is 0. The minimum atomic E-state index is 0.957. The molecule has 62 valence electrons. The number of rotatable bonds is 0. The molecule has 0 saturated heterocycles. The normalized spacial score (nSPS) is 10.9. The van der Waals surface area contributed by atoms with Crippen LogP contribution >= 0.6 is 0 Å². The Bertz CT molecular complexity index is 429. The van der Waals surface area contributed by atoms with Crippen molar-refractivity contribution in [3.63, 3.8) is 0 Å². The van der Waals surface area contributed by atoms with Crippen LogP contribution in [0.15, 0.2) is 12.4 Å². The summed E-state index contributed by atoms with van der Waals surface area (Å²) in [5, 5.41) is 0. The summed E-state index contributed by atoms with van der Waals surface area (Å²) in [7, 11) is 1.96. The van der Waals surface area contributed by atoms with Gasteiger partial charge in [0.15, 0.2) is 5.65 Å². The lowest BCUT2D eigenvalue weighted by Crippen LogP contribution is -1.91. The summed E-state index contributed by atoms with van der Waals surface area (Å²) in [4.78, 5) is 8.66. The van der Waals surface area contributed by atoms with Crippen molar-refractivity contribution in [1.29, 1.82) is 0 Å². The molecule has 0 N–H and O–H groups in total. The van der Waals surface area contributed by atoms with Crippen molar-refractivity contribution in [3.05, 3.63) is 23.7 Å². The smallest absolute Gasteiger partial charge is 0.159 e. The number of hydrogen-bond acceptors (Lipinski definition) is 2. The highest BCUT2D eigenvalue weighted by Crippen LogP contribution is 2.12. The first-order chi connectivity index (χ1) is 5.68. The van der Waals surface area contributed by atoms with Gasteiger partial charge in [-0.05, 0) is 25.5 Å². The van der Waals surface area contributed by atoms with Crippen LogP contribution in [0.3, 0.4) is 0 Å². The number of imidazole rings is 1. The number of pyridine rings is 1. The number of nitrogens with zero attached hydrogens (tertiary/aromatic N) is 3. The number of aryl methyl sites for hydroxylation is 3. The predicted octanol–water partition coefficient (Wildman–Crippen LogP) is 1.59. The minimum Gasteiger partial charge on any atom is -0.318 e. The molecule has 2 rings (SSSR count). The van der Waals surface area contributed by atoms with E-state index in [0.717, 1.165) is 16.9 Å². The summed E-state index contributed by atoms with van der Waals surface area (Å²) < 4.78 is 1.93. The van der Waals surface area contributed by atoms with Crippen LogP contribution in [0.5, 0.6) is 0 Å². The Balaban J connectivity index is 2.87. The zero-order chi connectivity index (χ0) is 8.72. The van der Waals surface area contributed by atoms with Crippen LogP contribution in [0.25, 0.3) is 11.2 Å². The molecule has 2 heterocycles. The van der Waals surface area contributed by atoms with E-state index in [1.165, 1.54) is 5.56 Å². The Morgan fingerprint density at radius 2 is 2.08 bits per heavy atom. The minimum absolute atomic E-state index is 0.957. The van der Waals surface area contributed by atoms with Crippen LogP contribution in [0.2, 0.25) is 0 Å². The summed E-state index contributed by atoms with van der Waals surface area (Å²) >= 11 is 0. The molecular formula is C9H11N3. The van der Waals surface area contributed by atoms with Gasteiger partial charge in [0.1, 0.15) is 5.52 Å². The van der Waals surface area contributed by atoms with Crippen LogP contribution in [-0.4, -0.2) is 14.5 Å². The third kappa shape index (κ3) is 0.897. The van der Waals surface area contributed by atoms with Crippen LogP contribution in [0.4, 0.5) is 0 Å². The van der Waals surface area contributed by atoms with Gasteiger partial charge >= 0.3 is 0 Å². The van der Waals surface area contributed by atoms with E-state index in [-0.39, 0.29) is 0 Å². The highest BCUT2D eigenvalue weighted by Gasteiger charge is 2.02. The van der Waals surface area contributed by atoms with Crippen molar-refractivity contribution in [3.8, 4) is 0 Å². The Labute approximate surface area is 71.1 Å². The van der Waals surface area contributed by atoms with Crippen molar-refractivity contribution in [2.45, 2.75) is 13.8 Å². The monoisotopic (exact) mass is 161 g/mol. The second-order valence-electron chi connectivity index (χ2n) is 3.09. The highest BCUT2D eigenvalue weighted by atomic mass is 15.1. The molecule has 0 spiro atoms. The van der Waals surface area contributed by atoms with Gasteiger partial charge in [0.05, 0.1) is 6.33 Å². The standard InChI is InChI=1S/C9H11N3/c1-6-4-8-9(11-7(6)2)12(3)5-10-8/h4-5H,1-3H3. The van der Waals surface area contributed by atoms with Crippen molar-refractivity contribution in [1.82, 2.24) is 14.5 Å². The quantitative estimate of drug-likeness (QED) is 0.587. The molecule has 0 radical (unpaired) electrons. The molecule has 2 aromatic rings. The lowest BCUT2D eigenvalue weighted by molar-refractivity contribution is 0.925. The lowest BCUT2D eigenvalue weighted by atomic mass is 10.2. The topological polar surface area (TPSA) is 30.7 Å². The molecule has 0 aliphatic rings. The summed E-state index contributed by atoms with van der Waals surface area (Å²) in [6, 6.07) is 2.07. The van der Waals surface area contributed by atoms with Gasteiger partial charge in [-0.3, -0.25) is 0 Å². The van der Waals surface area contributed by atoms with Gasteiger partial charge in [0, 0.05) is 12.7 Å². The van der Waals surface area contributed by atoms with E-state index in [1.807, 2.05) is 18.5 Å². The van der Waals surface area contributed by atoms with E-state index < -0.39 is 0 Å². The van der Waals surface area contributed by atoms with Gasteiger partial charge in [-0.25, -0.2) is 9.97 Å². The molecule has 3 heteroatoms. The fraction of sp³-hybridized carbons (Fsp3) is 0.333. The van der Waals surface area contributed by atoms with E-state index in [4.69, 9.17) is 0 Å². The predicted molar refractivity (Wildman–Crippen MR) is 48.0 cm³/mol. The molecule has 0 saturated carbocycles. The molecule has 2 aromatic heterocycles. The fourth-order valence-corrected chi connectivity index (χ4v) is 1.24. The van der Waals surface area contributed by atoms with Crippen molar-refractivity contribution in [2.75, 3.05) is 0 Å². The lowest BCUT2D eigenvalue weighted by Gasteiger charge is -1.98. The first-order valence-electron chi connectivity index (χ1n) is 3.94. The van der Waals surface area contributed by atoms with Crippen molar-refractivity contribution >= 4 is 11.2 Å². The van der Waals surface area contributed by atoms with Gasteiger partial charge < -0.3 is 4.57 Å². The summed E-state index contributed by atoms with van der Waals surface area (Å²) in [6.07, 6.45) is 1.79. The molecule has 0 aliphatic heterocycles. The average molecular weight is 161 g/mol. The molecule has 0 fully saturated rings. The van der Waals surface area contributed by atoms with Gasteiger partial charge in [0.2, 0.25) is 0 Å². The Hall–Kier alpha value is -1.38. The molecule has 0 aliphatic carbocycles. The van der Waals surface area contributed by atoms with Crippen molar-refractivity contribution in [2.24, 2.45) is 7.05 Å². The largest absolute Gasteiger partial charge is 0.318 e. The maximum Gasteiger partial charge on any atom is 0.159 e.